The first-order chi connectivity index (χ1) is 16.4. The van der Waals surface area contributed by atoms with Gasteiger partial charge in [0.15, 0.2) is 0 Å². The number of hydrogen-bond acceptors (Lipinski definition) is 2. The van der Waals surface area contributed by atoms with Crippen molar-refractivity contribution in [3.8, 4) is 0 Å². The minimum absolute atomic E-state index is 0.0481. The van der Waals surface area contributed by atoms with Gasteiger partial charge in [-0.15, -0.1) is 0 Å². The first-order valence-electron chi connectivity index (χ1n) is 10.1. The molecule has 0 amide bonds. The highest BCUT2D eigenvalue weighted by Gasteiger charge is 2.93. The van der Waals surface area contributed by atoms with E-state index in [-0.39, 0.29) is 24.3 Å². The lowest BCUT2D eigenvalue weighted by Crippen LogP contribution is -2.72. The number of para-hydroxylation sites is 1. The zero-order valence-corrected chi connectivity index (χ0v) is 19.0. The van der Waals surface area contributed by atoms with Crippen LogP contribution in [-0.4, -0.2) is 61.9 Å². The van der Waals surface area contributed by atoms with Crippen molar-refractivity contribution < 1.29 is 70.6 Å². The number of rotatable bonds is 12. The van der Waals surface area contributed by atoms with E-state index in [0.717, 1.165) is 6.07 Å². The van der Waals surface area contributed by atoms with Crippen LogP contribution in [0.3, 0.4) is 0 Å². The van der Waals surface area contributed by atoms with Crippen LogP contribution >= 0.6 is 0 Å². The van der Waals surface area contributed by atoms with Gasteiger partial charge in [-0.05, 0) is 19.9 Å². The van der Waals surface area contributed by atoms with Crippen molar-refractivity contribution in [3.63, 3.8) is 0 Å². The molecule has 1 unspecified atom stereocenters. The van der Waals surface area contributed by atoms with Crippen LogP contribution in [0.15, 0.2) is 24.3 Å². The molecule has 1 aromatic carbocycles. The molecule has 0 spiro atoms. The molecule has 0 bridgehead atoms. The average Bonchev–Trinajstić information content (AvgIpc) is 2.77. The Bertz CT molecular complexity index is 909. The number of nitrogens with zero attached hydrogens (tertiary/aromatic N) is 1. The Labute approximate surface area is 200 Å². The summed E-state index contributed by atoms with van der Waals surface area (Å²) >= 11 is 0. The zero-order chi connectivity index (χ0) is 29.5. The maximum atomic E-state index is 14.5. The molecule has 0 heterocycles. The fourth-order valence-electron chi connectivity index (χ4n) is 3.29. The Morgan fingerprint density at radius 1 is 0.649 bits per heavy atom. The van der Waals surface area contributed by atoms with E-state index in [0.29, 0.717) is 7.11 Å². The second-order valence-corrected chi connectivity index (χ2v) is 7.73. The molecule has 0 N–H and O–H groups in total. The number of benzene rings is 1. The van der Waals surface area contributed by atoms with Gasteiger partial charge in [0.05, 0.1) is 6.10 Å². The monoisotopic (exact) mass is 575 g/mol. The fraction of sp³-hybridized carbons (Fsp3) is 0.700. The zero-order valence-electron chi connectivity index (χ0n) is 19.0. The second kappa shape index (κ2) is 10.2. The number of alkyl halides is 15. The van der Waals surface area contributed by atoms with Crippen LogP contribution in [0.1, 0.15) is 31.9 Å². The fourth-order valence-corrected chi connectivity index (χ4v) is 3.29. The smallest absolute Gasteiger partial charge is 0.376 e. The predicted octanol–water partition coefficient (Wildman–Crippen LogP) is 7.98. The lowest BCUT2D eigenvalue weighted by atomic mass is 9.88. The minimum atomic E-state index is -8.31. The van der Waals surface area contributed by atoms with Crippen LogP contribution in [0.5, 0.6) is 0 Å². The number of halogens is 15. The maximum absolute atomic E-state index is 14.5. The number of ether oxygens (including phenoxy) is 1. The van der Waals surface area contributed by atoms with Gasteiger partial charge in [-0.1, -0.05) is 18.2 Å². The van der Waals surface area contributed by atoms with Crippen LogP contribution in [0.4, 0.5) is 71.5 Å². The summed E-state index contributed by atoms with van der Waals surface area (Å²) in [4.78, 5) is 1.46. The number of hydrogen-bond donors (Lipinski definition) is 0. The lowest BCUT2D eigenvalue weighted by Gasteiger charge is -2.42. The van der Waals surface area contributed by atoms with E-state index in [1.165, 1.54) is 23.1 Å². The highest BCUT2D eigenvalue weighted by atomic mass is 19.4. The Kier molecular flexibility index (Phi) is 9.13. The van der Waals surface area contributed by atoms with Crippen molar-refractivity contribution in [2.45, 2.75) is 68.1 Å². The summed E-state index contributed by atoms with van der Waals surface area (Å²) in [6, 6.07) is 4.81. The second-order valence-electron chi connectivity index (χ2n) is 7.73. The van der Waals surface area contributed by atoms with E-state index in [1.54, 1.807) is 13.8 Å². The van der Waals surface area contributed by atoms with Gasteiger partial charge in [-0.2, -0.15) is 65.9 Å². The third kappa shape index (κ3) is 5.15. The van der Waals surface area contributed by atoms with Gasteiger partial charge in [0, 0.05) is 37.9 Å². The lowest BCUT2D eigenvalue weighted by molar-refractivity contribution is -0.453. The molecule has 0 aromatic heterocycles. The van der Waals surface area contributed by atoms with Crippen molar-refractivity contribution in [2.75, 3.05) is 25.1 Å². The van der Waals surface area contributed by atoms with Crippen molar-refractivity contribution >= 4 is 5.69 Å². The molecule has 0 saturated heterocycles. The van der Waals surface area contributed by atoms with Crippen LogP contribution < -0.4 is 4.90 Å². The summed E-state index contributed by atoms with van der Waals surface area (Å²) in [7, 11) is 0.628. The van der Waals surface area contributed by atoms with E-state index in [2.05, 4.69) is 4.74 Å². The Balaban J connectivity index is 3.59. The van der Waals surface area contributed by atoms with Gasteiger partial charge in [-0.25, -0.2) is 0 Å². The molecule has 17 heteroatoms. The Morgan fingerprint density at radius 3 is 1.46 bits per heavy atom. The highest BCUT2D eigenvalue weighted by molar-refractivity contribution is 5.54. The summed E-state index contributed by atoms with van der Waals surface area (Å²) in [5, 5.41) is 0. The largest absolute Gasteiger partial charge is 0.460 e. The van der Waals surface area contributed by atoms with Crippen molar-refractivity contribution in [1.29, 1.82) is 0 Å². The van der Waals surface area contributed by atoms with Crippen LogP contribution in [0.2, 0.25) is 0 Å². The molecule has 2 nitrogen and oxygen atoms in total. The van der Waals surface area contributed by atoms with Gasteiger partial charge < -0.3 is 9.64 Å². The molecule has 1 atom stereocenters. The first-order valence-corrected chi connectivity index (χ1v) is 10.1. The summed E-state index contributed by atoms with van der Waals surface area (Å²) in [5.74, 6) is -46.7. The van der Waals surface area contributed by atoms with Gasteiger partial charge in [-0.3, -0.25) is 0 Å². The summed E-state index contributed by atoms with van der Waals surface area (Å²) in [5.41, 5.74) is -0.305. The molecule has 0 saturated carbocycles. The Hall–Kier alpha value is -2.07. The summed E-state index contributed by atoms with van der Waals surface area (Å²) in [6.07, 6.45) is -12.5. The molecule has 37 heavy (non-hydrogen) atoms. The molecule has 0 fully saturated rings. The minimum Gasteiger partial charge on any atom is -0.376 e. The molecule has 1 rings (SSSR count). The molecule has 0 aliphatic carbocycles. The van der Waals surface area contributed by atoms with Gasteiger partial charge in [0.25, 0.3) is 0 Å². The quantitative estimate of drug-likeness (QED) is 0.235. The third-order valence-corrected chi connectivity index (χ3v) is 5.51. The first kappa shape index (κ1) is 33.0. The van der Waals surface area contributed by atoms with Crippen LogP contribution in [-0.2, 0) is 4.74 Å². The molecule has 1 aromatic rings. The topological polar surface area (TPSA) is 12.5 Å². The van der Waals surface area contributed by atoms with Crippen LogP contribution in [0, 0.1) is 0 Å². The molecular formula is C20H20F15NO. The predicted molar refractivity (Wildman–Crippen MR) is 100 cm³/mol. The molecular weight excluding hydrogens is 555 g/mol. The van der Waals surface area contributed by atoms with Crippen molar-refractivity contribution in [2.24, 2.45) is 0 Å². The van der Waals surface area contributed by atoms with E-state index >= 15 is 0 Å². The molecule has 0 aliphatic rings. The van der Waals surface area contributed by atoms with Crippen molar-refractivity contribution in [3.05, 3.63) is 29.8 Å². The summed E-state index contributed by atoms with van der Waals surface area (Å²) in [6.45, 7) is 3.54. The van der Waals surface area contributed by atoms with E-state index in [1.807, 2.05) is 0 Å². The Morgan fingerprint density at radius 2 is 1.05 bits per heavy atom. The normalized spacial score (nSPS) is 15.6. The third-order valence-electron chi connectivity index (χ3n) is 5.51. The van der Waals surface area contributed by atoms with Crippen LogP contribution in [0.25, 0.3) is 0 Å². The highest BCUT2D eigenvalue weighted by Crippen LogP contribution is 2.63. The summed E-state index contributed by atoms with van der Waals surface area (Å²) < 4.78 is 206. The standard InChI is InChI=1S/C20H20F15NO/c1-4-36(5-2)12-9-7-6-8-11(12)13(37-3)10-14(21,22)15(23,24)16(25,26)17(27,28)18(29,30)19(31,32)20(33,34)35/h6-9,13H,4-5,10H2,1-3H3. The van der Waals surface area contributed by atoms with Gasteiger partial charge in [0.1, 0.15) is 0 Å². The van der Waals surface area contributed by atoms with Crippen molar-refractivity contribution in [1.82, 2.24) is 0 Å². The average molecular weight is 575 g/mol. The number of anilines is 1. The number of methoxy groups -OCH3 is 1. The SMILES string of the molecule is CCN(CC)c1ccccc1C(CC(F)(F)C(F)(F)C(F)(F)C(F)(F)C(F)(F)C(F)(F)C(F)(F)F)OC. The maximum Gasteiger partial charge on any atom is 0.460 e. The van der Waals surface area contributed by atoms with E-state index < -0.39 is 54.2 Å². The molecule has 0 aliphatic heterocycles. The molecule has 0 radical (unpaired) electrons. The molecule has 216 valence electrons. The van der Waals surface area contributed by atoms with Gasteiger partial charge in [0.2, 0.25) is 0 Å². The van der Waals surface area contributed by atoms with E-state index in [4.69, 9.17) is 0 Å². The van der Waals surface area contributed by atoms with Gasteiger partial charge >= 0.3 is 41.7 Å². The van der Waals surface area contributed by atoms with E-state index in [9.17, 15) is 65.9 Å².